The molecule has 134 valence electrons. The minimum atomic E-state index is -0.492. The topological polar surface area (TPSA) is 87.5 Å². The molecule has 0 saturated carbocycles. The van der Waals surface area contributed by atoms with E-state index >= 15 is 0 Å². The fourth-order valence-corrected chi connectivity index (χ4v) is 3.78. The van der Waals surface area contributed by atoms with Crippen LogP contribution in [-0.4, -0.2) is 46.9 Å². The van der Waals surface area contributed by atoms with Gasteiger partial charge in [0, 0.05) is 0 Å². The average molecular weight is 364 g/mol. The smallest absolute Gasteiger partial charge is 0.322 e. The van der Waals surface area contributed by atoms with Crippen molar-refractivity contribution < 1.29 is 19.0 Å². The SMILES string of the molecule is CCOC(=O)[C@H]1Sc2nnc(C)n2N[C@H]1c1ccc(OC)c(OC)c1. The maximum absolute atomic E-state index is 12.5. The van der Waals surface area contributed by atoms with E-state index in [-0.39, 0.29) is 12.0 Å². The highest BCUT2D eigenvalue weighted by atomic mass is 32.2. The number of rotatable bonds is 5. The van der Waals surface area contributed by atoms with Crippen LogP contribution >= 0.6 is 11.8 Å². The molecule has 0 bridgehead atoms. The Morgan fingerprint density at radius 3 is 2.72 bits per heavy atom. The molecule has 0 amide bonds. The summed E-state index contributed by atoms with van der Waals surface area (Å²) >= 11 is 1.33. The first-order chi connectivity index (χ1) is 12.1. The number of hydrogen-bond acceptors (Lipinski definition) is 8. The molecule has 2 heterocycles. The number of nitrogens with one attached hydrogen (secondary N) is 1. The van der Waals surface area contributed by atoms with Gasteiger partial charge in [0.2, 0.25) is 5.16 Å². The number of hydrogen-bond donors (Lipinski definition) is 1. The van der Waals surface area contributed by atoms with Crippen molar-refractivity contribution in [2.75, 3.05) is 26.3 Å². The van der Waals surface area contributed by atoms with Crippen molar-refractivity contribution in [3.8, 4) is 11.5 Å². The summed E-state index contributed by atoms with van der Waals surface area (Å²) < 4.78 is 17.7. The van der Waals surface area contributed by atoms with E-state index in [0.29, 0.717) is 23.3 Å². The Balaban J connectivity index is 2.01. The summed E-state index contributed by atoms with van der Waals surface area (Å²) in [7, 11) is 3.16. The number of aromatic nitrogens is 3. The Morgan fingerprint density at radius 1 is 1.28 bits per heavy atom. The van der Waals surface area contributed by atoms with Crippen LogP contribution in [0.5, 0.6) is 11.5 Å². The zero-order chi connectivity index (χ0) is 18.0. The Kier molecular flexibility index (Phi) is 5.03. The van der Waals surface area contributed by atoms with E-state index in [1.165, 1.54) is 11.8 Å². The van der Waals surface area contributed by atoms with Gasteiger partial charge in [0.15, 0.2) is 11.5 Å². The molecule has 1 aliphatic rings. The normalized spacial score (nSPS) is 18.9. The van der Waals surface area contributed by atoms with Crippen LogP contribution in [0, 0.1) is 6.92 Å². The monoisotopic (exact) mass is 364 g/mol. The van der Waals surface area contributed by atoms with Crippen molar-refractivity contribution in [1.29, 1.82) is 0 Å². The van der Waals surface area contributed by atoms with Crippen LogP contribution in [0.15, 0.2) is 23.4 Å². The zero-order valence-electron chi connectivity index (χ0n) is 14.5. The molecule has 1 aliphatic heterocycles. The molecule has 2 atom stereocenters. The lowest BCUT2D eigenvalue weighted by Gasteiger charge is -2.32. The van der Waals surface area contributed by atoms with Crippen LogP contribution in [0.4, 0.5) is 0 Å². The second kappa shape index (κ2) is 7.22. The van der Waals surface area contributed by atoms with E-state index in [2.05, 4.69) is 15.6 Å². The maximum atomic E-state index is 12.5. The highest BCUT2D eigenvalue weighted by Crippen LogP contribution is 2.39. The van der Waals surface area contributed by atoms with E-state index < -0.39 is 5.25 Å². The first kappa shape index (κ1) is 17.4. The molecule has 0 unspecified atom stereocenters. The van der Waals surface area contributed by atoms with E-state index in [1.54, 1.807) is 25.8 Å². The Hall–Kier alpha value is -2.42. The van der Waals surface area contributed by atoms with Crippen molar-refractivity contribution in [2.45, 2.75) is 30.3 Å². The number of aryl methyl sites for hydroxylation is 1. The highest BCUT2D eigenvalue weighted by Gasteiger charge is 2.38. The highest BCUT2D eigenvalue weighted by molar-refractivity contribution is 8.00. The summed E-state index contributed by atoms with van der Waals surface area (Å²) in [5.74, 6) is 1.64. The van der Waals surface area contributed by atoms with E-state index in [4.69, 9.17) is 14.2 Å². The molecule has 8 nitrogen and oxygen atoms in total. The van der Waals surface area contributed by atoms with Crippen molar-refractivity contribution in [1.82, 2.24) is 14.9 Å². The summed E-state index contributed by atoms with van der Waals surface area (Å²) in [6.45, 7) is 3.96. The molecule has 1 aromatic carbocycles. The van der Waals surface area contributed by atoms with Crippen molar-refractivity contribution >= 4 is 17.7 Å². The lowest BCUT2D eigenvalue weighted by atomic mass is 10.0. The number of thioether (sulfide) groups is 1. The Bertz CT molecular complexity index is 779. The number of nitrogens with zero attached hydrogens (tertiary/aromatic N) is 3. The average Bonchev–Trinajstić information content (AvgIpc) is 3.00. The molecular weight excluding hydrogens is 344 g/mol. The first-order valence-corrected chi connectivity index (χ1v) is 8.70. The number of esters is 1. The summed E-state index contributed by atoms with van der Waals surface area (Å²) in [5, 5.41) is 8.30. The summed E-state index contributed by atoms with van der Waals surface area (Å²) in [5.41, 5.74) is 4.19. The molecule has 1 aromatic heterocycles. The fraction of sp³-hybridized carbons (Fsp3) is 0.438. The number of benzene rings is 1. The van der Waals surface area contributed by atoms with Gasteiger partial charge in [-0.1, -0.05) is 17.8 Å². The van der Waals surface area contributed by atoms with Crippen molar-refractivity contribution in [3.63, 3.8) is 0 Å². The zero-order valence-corrected chi connectivity index (χ0v) is 15.3. The first-order valence-electron chi connectivity index (χ1n) is 7.82. The van der Waals surface area contributed by atoms with Crippen LogP contribution < -0.4 is 14.9 Å². The summed E-state index contributed by atoms with van der Waals surface area (Å²) in [4.78, 5) is 12.5. The van der Waals surface area contributed by atoms with Gasteiger partial charge in [-0.25, -0.2) is 4.68 Å². The molecule has 0 aliphatic carbocycles. The number of carbonyl (C=O) groups is 1. The van der Waals surface area contributed by atoms with Crippen molar-refractivity contribution in [3.05, 3.63) is 29.6 Å². The maximum Gasteiger partial charge on any atom is 0.322 e. The molecular formula is C16H20N4O4S. The molecule has 3 rings (SSSR count). The largest absolute Gasteiger partial charge is 0.493 e. The van der Waals surface area contributed by atoms with Crippen LogP contribution in [0.25, 0.3) is 0 Å². The summed E-state index contributed by atoms with van der Waals surface area (Å²) in [6.07, 6.45) is 0. The second-order valence-corrected chi connectivity index (χ2v) is 6.49. The molecule has 1 N–H and O–H groups in total. The Morgan fingerprint density at radius 2 is 2.04 bits per heavy atom. The molecule has 0 saturated heterocycles. The standard InChI is InChI=1S/C16H20N4O4S/c1-5-24-15(21)14-13(19-20-9(2)17-18-16(20)25-14)10-6-7-11(22-3)12(8-10)23-4/h6-8,13-14,19H,5H2,1-4H3/t13-,14-/m0/s1. The third-order valence-electron chi connectivity index (χ3n) is 3.88. The van der Waals surface area contributed by atoms with Crippen LogP contribution in [-0.2, 0) is 9.53 Å². The van der Waals surface area contributed by atoms with E-state index in [9.17, 15) is 4.79 Å². The molecule has 9 heteroatoms. The van der Waals surface area contributed by atoms with Gasteiger partial charge in [-0.3, -0.25) is 4.79 Å². The van der Waals surface area contributed by atoms with E-state index in [1.807, 2.05) is 25.1 Å². The molecule has 2 aromatic rings. The van der Waals surface area contributed by atoms with Gasteiger partial charge in [-0.05, 0) is 31.5 Å². The fourth-order valence-electron chi connectivity index (χ4n) is 2.66. The molecule has 0 spiro atoms. The molecule has 0 fully saturated rings. The van der Waals surface area contributed by atoms with Gasteiger partial charge in [0.05, 0.1) is 26.9 Å². The minimum absolute atomic E-state index is 0.299. The van der Waals surface area contributed by atoms with Crippen LogP contribution in [0.1, 0.15) is 24.4 Å². The quantitative estimate of drug-likeness (QED) is 0.805. The Labute approximate surface area is 149 Å². The third kappa shape index (κ3) is 3.23. The van der Waals surface area contributed by atoms with Crippen molar-refractivity contribution in [2.24, 2.45) is 0 Å². The molecule has 0 radical (unpaired) electrons. The predicted molar refractivity (Wildman–Crippen MR) is 92.7 cm³/mol. The van der Waals surface area contributed by atoms with E-state index in [0.717, 1.165) is 11.4 Å². The second-order valence-electron chi connectivity index (χ2n) is 5.38. The number of carbonyl (C=O) groups excluding carboxylic acids is 1. The lowest BCUT2D eigenvalue weighted by molar-refractivity contribution is -0.142. The summed E-state index contributed by atoms with van der Waals surface area (Å²) in [6, 6.07) is 5.24. The van der Waals surface area contributed by atoms with Gasteiger partial charge in [0.1, 0.15) is 11.1 Å². The predicted octanol–water partition coefficient (Wildman–Crippen LogP) is 1.93. The van der Waals surface area contributed by atoms with Gasteiger partial charge in [-0.2, -0.15) is 0 Å². The third-order valence-corrected chi connectivity index (χ3v) is 5.08. The van der Waals surface area contributed by atoms with Crippen LogP contribution in [0.3, 0.4) is 0 Å². The lowest BCUT2D eigenvalue weighted by Crippen LogP contribution is -2.39. The number of methoxy groups -OCH3 is 2. The molecule has 25 heavy (non-hydrogen) atoms. The van der Waals surface area contributed by atoms with Gasteiger partial charge < -0.3 is 19.6 Å². The van der Waals surface area contributed by atoms with Crippen LogP contribution in [0.2, 0.25) is 0 Å². The minimum Gasteiger partial charge on any atom is -0.493 e. The van der Waals surface area contributed by atoms with Gasteiger partial charge >= 0.3 is 5.97 Å². The number of ether oxygens (including phenoxy) is 3. The van der Waals surface area contributed by atoms with Gasteiger partial charge in [-0.15, -0.1) is 10.2 Å². The van der Waals surface area contributed by atoms with Gasteiger partial charge in [0.25, 0.3) is 0 Å². The number of fused-ring (bicyclic) bond motifs is 1.